The molecule has 0 aromatic heterocycles. The zero-order valence-corrected chi connectivity index (χ0v) is 10.7. The fourth-order valence-electron chi connectivity index (χ4n) is 1.68. The molecule has 0 amide bonds. The molecule has 90 valence electrons. The third kappa shape index (κ3) is 3.74. The van der Waals surface area contributed by atoms with Gasteiger partial charge in [0.2, 0.25) is 10.0 Å². The number of sulfonamides is 1. The van der Waals surface area contributed by atoms with Crippen LogP contribution in [0.1, 0.15) is 26.7 Å². The molecule has 0 radical (unpaired) electrons. The lowest BCUT2D eigenvalue weighted by Gasteiger charge is -2.19. The largest absolute Gasteiger partial charge is 0.319 e. The third-order valence-corrected chi connectivity index (χ3v) is 4.71. The molecule has 0 aliphatic heterocycles. The smallest absolute Gasteiger partial charge is 0.212 e. The first-order valence-electron chi connectivity index (χ1n) is 5.54. The van der Waals surface area contributed by atoms with Crippen molar-refractivity contribution in [3.63, 3.8) is 0 Å². The molecule has 0 heterocycles. The van der Waals surface area contributed by atoms with Gasteiger partial charge in [-0.1, -0.05) is 13.8 Å². The van der Waals surface area contributed by atoms with Crippen molar-refractivity contribution in [2.45, 2.75) is 26.7 Å². The highest BCUT2D eigenvalue weighted by molar-refractivity contribution is 7.89. The molecule has 0 atom stereocenters. The van der Waals surface area contributed by atoms with Crippen LogP contribution in [0.4, 0.5) is 0 Å². The van der Waals surface area contributed by atoms with E-state index in [0.29, 0.717) is 19.0 Å². The highest BCUT2D eigenvalue weighted by Gasteiger charge is 2.45. The molecule has 5 heteroatoms. The Morgan fingerprint density at radius 3 is 2.33 bits per heavy atom. The maximum atomic E-state index is 11.5. The van der Waals surface area contributed by atoms with Crippen LogP contribution < -0.4 is 10.0 Å². The van der Waals surface area contributed by atoms with Crippen LogP contribution in [0, 0.1) is 11.3 Å². The minimum absolute atomic E-state index is 0.164. The first kappa shape index (κ1) is 12.9. The summed E-state index contributed by atoms with van der Waals surface area (Å²) >= 11 is 0. The van der Waals surface area contributed by atoms with E-state index in [1.54, 1.807) is 7.05 Å². The predicted octanol–water partition coefficient (Wildman–Crippen LogP) is 0.561. The molecule has 15 heavy (non-hydrogen) atoms. The second-order valence-corrected chi connectivity index (χ2v) is 6.69. The average molecular weight is 234 g/mol. The second-order valence-electron chi connectivity index (χ2n) is 4.76. The molecular weight excluding hydrogens is 212 g/mol. The molecule has 4 nitrogen and oxygen atoms in total. The molecule has 0 aromatic rings. The van der Waals surface area contributed by atoms with Gasteiger partial charge in [-0.15, -0.1) is 0 Å². The van der Waals surface area contributed by atoms with Crippen LogP contribution in [0.2, 0.25) is 0 Å². The lowest BCUT2D eigenvalue weighted by molar-refractivity contribution is 0.357. The van der Waals surface area contributed by atoms with Crippen LogP contribution in [0.25, 0.3) is 0 Å². The van der Waals surface area contributed by atoms with E-state index in [1.807, 2.05) is 0 Å². The third-order valence-electron chi connectivity index (χ3n) is 3.38. The van der Waals surface area contributed by atoms with Crippen LogP contribution in [-0.4, -0.2) is 34.3 Å². The van der Waals surface area contributed by atoms with Gasteiger partial charge in [-0.05, 0) is 31.2 Å². The van der Waals surface area contributed by atoms with Crippen molar-refractivity contribution < 1.29 is 8.42 Å². The zero-order chi connectivity index (χ0) is 11.5. The maximum absolute atomic E-state index is 11.5. The van der Waals surface area contributed by atoms with Crippen molar-refractivity contribution in [3.8, 4) is 0 Å². The van der Waals surface area contributed by atoms with Crippen molar-refractivity contribution in [3.05, 3.63) is 0 Å². The Labute approximate surface area is 92.9 Å². The first-order chi connectivity index (χ1) is 6.92. The Balaban J connectivity index is 2.36. The van der Waals surface area contributed by atoms with Gasteiger partial charge in [-0.25, -0.2) is 13.1 Å². The quantitative estimate of drug-likeness (QED) is 0.677. The van der Waals surface area contributed by atoms with E-state index in [2.05, 4.69) is 23.9 Å². The summed E-state index contributed by atoms with van der Waals surface area (Å²) in [5.74, 6) is 0.724. The standard InChI is InChI=1S/C10H22N2O2S/c1-9(2)10(4-5-10)8-12-15(13,14)7-6-11-3/h9,11-12H,4-8H2,1-3H3. The number of hydrogen-bond acceptors (Lipinski definition) is 3. The average Bonchev–Trinajstić information content (AvgIpc) is 2.93. The predicted molar refractivity (Wildman–Crippen MR) is 62.2 cm³/mol. The molecule has 2 N–H and O–H groups in total. The normalized spacial score (nSPS) is 19.5. The van der Waals surface area contributed by atoms with Crippen molar-refractivity contribution >= 4 is 10.0 Å². The summed E-state index contributed by atoms with van der Waals surface area (Å²) in [6, 6.07) is 0. The van der Waals surface area contributed by atoms with Crippen LogP contribution in [0.5, 0.6) is 0 Å². The van der Waals surface area contributed by atoms with Gasteiger partial charge in [-0.2, -0.15) is 0 Å². The fourth-order valence-corrected chi connectivity index (χ4v) is 2.81. The van der Waals surface area contributed by atoms with Gasteiger partial charge in [0.15, 0.2) is 0 Å². The first-order valence-corrected chi connectivity index (χ1v) is 7.19. The Bertz CT molecular complexity index is 295. The summed E-state index contributed by atoms with van der Waals surface area (Å²) in [5.41, 5.74) is 0.243. The zero-order valence-electron chi connectivity index (χ0n) is 9.84. The lowest BCUT2D eigenvalue weighted by atomic mass is 9.93. The molecule has 1 fully saturated rings. The highest BCUT2D eigenvalue weighted by Crippen LogP contribution is 2.51. The number of nitrogens with one attached hydrogen (secondary N) is 2. The van der Waals surface area contributed by atoms with Gasteiger partial charge >= 0.3 is 0 Å². The summed E-state index contributed by atoms with van der Waals surface area (Å²) in [4.78, 5) is 0. The Morgan fingerprint density at radius 2 is 1.93 bits per heavy atom. The molecule has 1 saturated carbocycles. The van der Waals surface area contributed by atoms with Crippen molar-refractivity contribution in [1.29, 1.82) is 0 Å². The van der Waals surface area contributed by atoms with Crippen LogP contribution >= 0.6 is 0 Å². The summed E-state index contributed by atoms with van der Waals surface area (Å²) in [6.45, 7) is 5.44. The summed E-state index contributed by atoms with van der Waals surface area (Å²) in [7, 11) is -1.33. The van der Waals surface area contributed by atoms with E-state index < -0.39 is 10.0 Å². The Hall–Kier alpha value is -0.130. The Kier molecular flexibility index (Phi) is 4.14. The number of hydrogen-bond donors (Lipinski definition) is 2. The van der Waals surface area contributed by atoms with Gasteiger partial charge in [0.1, 0.15) is 0 Å². The van der Waals surface area contributed by atoms with Gasteiger partial charge in [0, 0.05) is 13.1 Å². The van der Waals surface area contributed by atoms with Crippen molar-refractivity contribution in [2.75, 3.05) is 25.9 Å². The van der Waals surface area contributed by atoms with Gasteiger partial charge < -0.3 is 5.32 Å². The molecule has 0 saturated heterocycles. The van der Waals surface area contributed by atoms with Gasteiger partial charge in [0.25, 0.3) is 0 Å². The second kappa shape index (κ2) is 4.80. The molecule has 0 spiro atoms. The van der Waals surface area contributed by atoms with Crippen LogP contribution in [-0.2, 0) is 10.0 Å². The van der Waals surface area contributed by atoms with E-state index in [9.17, 15) is 8.42 Å². The molecule has 1 aliphatic carbocycles. The summed E-state index contributed by atoms with van der Waals surface area (Å²) in [5, 5.41) is 2.84. The van der Waals surface area contributed by atoms with E-state index in [4.69, 9.17) is 0 Å². The van der Waals surface area contributed by atoms with E-state index >= 15 is 0 Å². The minimum Gasteiger partial charge on any atom is -0.319 e. The summed E-state index contributed by atoms with van der Waals surface area (Å²) in [6.07, 6.45) is 2.30. The number of rotatable bonds is 7. The van der Waals surface area contributed by atoms with Crippen LogP contribution in [0.15, 0.2) is 0 Å². The van der Waals surface area contributed by atoms with E-state index in [1.165, 1.54) is 0 Å². The molecule has 0 aromatic carbocycles. The SMILES string of the molecule is CNCCS(=O)(=O)NCC1(C(C)C)CC1. The van der Waals surface area contributed by atoms with Crippen molar-refractivity contribution in [1.82, 2.24) is 10.0 Å². The van der Waals surface area contributed by atoms with Crippen molar-refractivity contribution in [2.24, 2.45) is 11.3 Å². The minimum atomic E-state index is -3.08. The molecule has 0 unspecified atom stereocenters. The Morgan fingerprint density at radius 1 is 1.33 bits per heavy atom. The molecule has 0 bridgehead atoms. The van der Waals surface area contributed by atoms with E-state index in [0.717, 1.165) is 12.8 Å². The van der Waals surface area contributed by atoms with Gasteiger partial charge in [0.05, 0.1) is 5.75 Å². The molecule has 1 rings (SSSR count). The molecular formula is C10H22N2O2S. The molecule has 1 aliphatic rings. The topological polar surface area (TPSA) is 58.2 Å². The maximum Gasteiger partial charge on any atom is 0.212 e. The highest BCUT2D eigenvalue weighted by atomic mass is 32.2. The van der Waals surface area contributed by atoms with Gasteiger partial charge in [-0.3, -0.25) is 0 Å². The van der Waals surface area contributed by atoms with E-state index in [-0.39, 0.29) is 11.2 Å². The summed E-state index contributed by atoms with van der Waals surface area (Å²) < 4.78 is 25.8. The van der Waals surface area contributed by atoms with Crippen LogP contribution in [0.3, 0.4) is 0 Å². The monoisotopic (exact) mass is 234 g/mol. The lowest BCUT2D eigenvalue weighted by Crippen LogP contribution is -2.36. The fraction of sp³-hybridized carbons (Fsp3) is 1.00.